The summed E-state index contributed by atoms with van der Waals surface area (Å²) in [6.45, 7) is -0.286. The van der Waals surface area contributed by atoms with Crippen molar-refractivity contribution in [1.82, 2.24) is 0 Å². The molecular weight excluding hydrogens is 603 g/mol. The number of nitrogens with two attached hydrogens (primary N) is 1. The Kier molecular flexibility index (Phi) is 13.1. The van der Waals surface area contributed by atoms with E-state index in [0.717, 1.165) is 51.7 Å². The van der Waals surface area contributed by atoms with E-state index in [1.54, 1.807) is 36.4 Å². The average molecular weight is 629 g/mol. The zero-order valence-electron chi connectivity index (χ0n) is 21.6. The zero-order valence-corrected chi connectivity index (χ0v) is 25.3. The third kappa shape index (κ3) is 10.7. The Balaban J connectivity index is 0.000000696. The van der Waals surface area contributed by atoms with E-state index >= 15 is 0 Å². The molecule has 0 heterocycles. The van der Waals surface area contributed by atoms with Gasteiger partial charge in [0.25, 0.3) is 0 Å². The first-order valence-electron chi connectivity index (χ1n) is 12.1. The van der Waals surface area contributed by atoms with Gasteiger partial charge in [0, 0.05) is 16.0 Å². The van der Waals surface area contributed by atoms with Gasteiger partial charge in [0.15, 0.2) is 11.6 Å². The van der Waals surface area contributed by atoms with Crippen LogP contribution in [0.1, 0.15) is 12.0 Å². The maximum Gasteiger partial charge on any atom is 0.201 e. The summed E-state index contributed by atoms with van der Waals surface area (Å²) in [4.78, 5) is 26.1. The number of hydrogen-bond donors (Lipinski definition) is 1. The molecule has 4 aromatic carbocycles. The minimum absolute atomic E-state index is 0.225. The molecule has 11 heteroatoms. The maximum atomic E-state index is 13.4. The summed E-state index contributed by atoms with van der Waals surface area (Å²) in [6, 6.07) is 27.3. The predicted molar refractivity (Wildman–Crippen MR) is 166 cm³/mol. The van der Waals surface area contributed by atoms with Gasteiger partial charge in [0.2, 0.25) is 10.2 Å². The van der Waals surface area contributed by atoms with E-state index < -0.39 is 19.4 Å². The predicted octanol–water partition coefficient (Wildman–Crippen LogP) is 8.60. The van der Waals surface area contributed by atoms with Gasteiger partial charge in [-0.3, -0.25) is 14.0 Å². The van der Waals surface area contributed by atoms with Crippen molar-refractivity contribution in [3.05, 3.63) is 108 Å². The van der Waals surface area contributed by atoms with Crippen LogP contribution in [0.5, 0.6) is 0 Å². The van der Waals surface area contributed by atoms with Crippen molar-refractivity contribution >= 4 is 50.4 Å². The molecule has 4 rings (SSSR count). The third-order valence-electron chi connectivity index (χ3n) is 5.40. The van der Waals surface area contributed by atoms with E-state index in [4.69, 9.17) is 10.8 Å². The first-order valence-corrected chi connectivity index (χ1v) is 16.9. The Hall–Kier alpha value is -2.98. The highest BCUT2D eigenvalue weighted by Gasteiger charge is 2.14. The number of thioether (sulfide) groups is 2. The van der Waals surface area contributed by atoms with Crippen LogP contribution in [0.2, 0.25) is 0 Å². The Morgan fingerprint density at radius 1 is 0.756 bits per heavy atom. The second kappa shape index (κ2) is 16.5. The topological polar surface area (TPSA) is 84.0 Å². The fourth-order valence-electron chi connectivity index (χ4n) is 3.39. The number of rotatable bonds is 8. The first kappa shape index (κ1) is 32.5. The summed E-state index contributed by atoms with van der Waals surface area (Å²) < 4.78 is 37.7. The maximum absolute atomic E-state index is 13.4. The lowest BCUT2D eigenvalue weighted by Crippen LogP contribution is -2.00. The number of benzene rings is 4. The molecule has 0 amide bonds. The van der Waals surface area contributed by atoms with Crippen LogP contribution in [-0.2, 0) is 9.59 Å². The number of nitriles is 1. The molecule has 2 unspecified atom stereocenters. The van der Waals surface area contributed by atoms with Gasteiger partial charge < -0.3 is 5.50 Å². The molecule has 0 aliphatic rings. The lowest BCUT2D eigenvalue weighted by molar-refractivity contribution is -0.117. The van der Waals surface area contributed by atoms with Crippen molar-refractivity contribution in [2.24, 2.45) is 5.50 Å². The van der Waals surface area contributed by atoms with Crippen molar-refractivity contribution < 1.29 is 22.8 Å². The van der Waals surface area contributed by atoms with Crippen LogP contribution in [0.4, 0.5) is 13.2 Å². The molecule has 0 fully saturated rings. The summed E-state index contributed by atoms with van der Waals surface area (Å²) in [5, 5.41) is 8.36. The summed E-state index contributed by atoms with van der Waals surface area (Å²) in [5.41, 5.74) is 8.93. The van der Waals surface area contributed by atoms with Crippen LogP contribution in [0.15, 0.2) is 101 Å². The Labute approximate surface area is 248 Å². The van der Waals surface area contributed by atoms with E-state index in [9.17, 15) is 22.8 Å². The number of hydrogen-bond acceptors (Lipinski definition) is 6. The Bertz CT molecular complexity index is 1510. The largest absolute Gasteiger partial charge is 0.307 e. The van der Waals surface area contributed by atoms with E-state index in [1.165, 1.54) is 6.07 Å². The molecule has 4 aromatic rings. The van der Waals surface area contributed by atoms with Crippen molar-refractivity contribution in [1.29, 1.82) is 5.26 Å². The van der Waals surface area contributed by atoms with Gasteiger partial charge >= 0.3 is 0 Å². The van der Waals surface area contributed by atoms with E-state index in [2.05, 4.69) is 15.0 Å². The fraction of sp³-hybridized carbons (Fsp3) is 0.100. The minimum atomic E-state index is -0.920. The van der Waals surface area contributed by atoms with Crippen LogP contribution >= 0.6 is 40.2 Å². The summed E-state index contributed by atoms with van der Waals surface area (Å²) >= 11 is 1.98. The molecule has 0 aliphatic heterocycles. The average Bonchev–Trinajstić information content (AvgIpc) is 2.95. The molecule has 0 saturated carbocycles. The monoisotopic (exact) mass is 628 g/mol. The van der Waals surface area contributed by atoms with Crippen molar-refractivity contribution in [3.63, 3.8) is 0 Å². The van der Waals surface area contributed by atoms with Gasteiger partial charge in [-0.2, -0.15) is 5.26 Å². The number of nitrogens with zero attached hydrogens (tertiary/aromatic N) is 1. The van der Waals surface area contributed by atoms with Gasteiger partial charge in [0.1, 0.15) is 0 Å². The lowest BCUT2D eigenvalue weighted by atomic mass is 10.0. The SMILES string of the molecule is N#Cc1ccc(-c2ccc(SC(=O)CC(=O)Sc3ccc(-c4ccc(F)c(F)c4)cc3)cc2)cc1.NP(P)CCF. The second-order valence-electron chi connectivity index (χ2n) is 8.42. The molecule has 0 radical (unpaired) electrons. The number of halogens is 3. The molecule has 0 spiro atoms. The molecule has 2 N–H and O–H groups in total. The molecule has 2 atom stereocenters. The van der Waals surface area contributed by atoms with Gasteiger partial charge in [-0.25, -0.2) is 8.78 Å². The standard InChI is InChI=1S/C28H17F2NO2S2.C2H8FNP2/c29-25-14-9-22(15-26(25)30)21-7-12-24(13-8-21)35-28(33)16-27(32)34-23-10-5-20(6-11-23)19-3-1-18(17-31)2-4-19;3-1-2-6(4)5/h1-15H,16H2;1-2,4-5H2. The normalized spacial score (nSPS) is 11.1. The molecule has 41 heavy (non-hydrogen) atoms. The van der Waals surface area contributed by atoms with Crippen LogP contribution in [0, 0.1) is 23.0 Å². The molecule has 0 aliphatic carbocycles. The second-order valence-corrected chi connectivity index (χ2v) is 14.1. The van der Waals surface area contributed by atoms with Crippen molar-refractivity contribution in [2.75, 3.05) is 12.8 Å². The van der Waals surface area contributed by atoms with Crippen LogP contribution in [-0.4, -0.2) is 23.1 Å². The highest BCUT2D eigenvalue weighted by Crippen LogP contribution is 2.34. The highest BCUT2D eigenvalue weighted by atomic mass is 32.2. The van der Waals surface area contributed by atoms with Crippen LogP contribution < -0.4 is 5.50 Å². The molecule has 0 bridgehead atoms. The number of carbonyl (C=O) groups is 2. The van der Waals surface area contributed by atoms with E-state index in [0.29, 0.717) is 27.7 Å². The van der Waals surface area contributed by atoms with E-state index in [-0.39, 0.29) is 23.3 Å². The van der Waals surface area contributed by atoms with Crippen molar-refractivity contribution in [3.8, 4) is 28.3 Å². The summed E-state index contributed by atoms with van der Waals surface area (Å²) in [5.74, 6) is -1.83. The van der Waals surface area contributed by atoms with Gasteiger partial charge in [0.05, 0.1) is 24.7 Å². The summed E-state index contributed by atoms with van der Waals surface area (Å²) in [7, 11) is 1.82. The van der Waals surface area contributed by atoms with Gasteiger partial charge in [-0.05, 0) is 78.5 Å². The number of alkyl halides is 1. The summed E-state index contributed by atoms with van der Waals surface area (Å²) in [6.07, 6.45) is 0.289. The third-order valence-corrected chi connectivity index (χ3v) is 8.62. The molecule has 0 saturated heterocycles. The molecule has 210 valence electrons. The first-order chi connectivity index (χ1) is 19.7. The minimum Gasteiger partial charge on any atom is -0.307 e. The zero-order chi connectivity index (χ0) is 29.8. The van der Waals surface area contributed by atoms with Gasteiger partial charge in [-0.1, -0.05) is 74.9 Å². The van der Waals surface area contributed by atoms with Gasteiger partial charge in [-0.15, -0.1) is 0 Å². The fourth-order valence-corrected chi connectivity index (χ4v) is 5.45. The smallest absolute Gasteiger partial charge is 0.201 e. The molecular formula is C30H25F3N2O2P2S2. The van der Waals surface area contributed by atoms with Crippen molar-refractivity contribution in [2.45, 2.75) is 16.2 Å². The van der Waals surface area contributed by atoms with Crippen LogP contribution in [0.25, 0.3) is 22.3 Å². The highest BCUT2D eigenvalue weighted by molar-refractivity contribution is 8.15. The van der Waals surface area contributed by atoms with Crippen LogP contribution in [0.3, 0.4) is 0 Å². The lowest BCUT2D eigenvalue weighted by Gasteiger charge is -2.06. The Morgan fingerprint density at radius 3 is 1.59 bits per heavy atom. The molecule has 4 nitrogen and oxygen atoms in total. The molecule has 0 aromatic heterocycles. The number of carbonyl (C=O) groups excluding carboxylic acids is 2. The quantitative estimate of drug-likeness (QED) is 0.120. The van der Waals surface area contributed by atoms with E-state index in [1.807, 2.05) is 36.4 Å². The Morgan fingerprint density at radius 2 is 1.20 bits per heavy atom.